The third-order valence-corrected chi connectivity index (χ3v) is 5.86. The smallest absolute Gasteiger partial charge is 0.227 e. The fourth-order valence-corrected chi connectivity index (χ4v) is 4.48. The highest BCUT2D eigenvalue weighted by Gasteiger charge is 2.27. The molecule has 30 heavy (non-hydrogen) atoms. The van der Waals surface area contributed by atoms with Gasteiger partial charge >= 0.3 is 0 Å². The van der Waals surface area contributed by atoms with Gasteiger partial charge in [0.05, 0.1) is 29.4 Å². The average Bonchev–Trinajstić information content (AvgIpc) is 3.39. The van der Waals surface area contributed by atoms with Crippen molar-refractivity contribution in [2.75, 3.05) is 11.9 Å². The topological polar surface area (TPSA) is 64.9 Å². The number of nitrogens with one attached hydrogen (secondary N) is 1. The highest BCUT2D eigenvalue weighted by Crippen LogP contribution is 2.40. The lowest BCUT2D eigenvalue weighted by Gasteiger charge is -2.17. The van der Waals surface area contributed by atoms with Crippen LogP contribution >= 0.6 is 0 Å². The number of benzene rings is 2. The number of anilines is 2. The first-order valence-electron chi connectivity index (χ1n) is 10.3. The van der Waals surface area contributed by atoms with Crippen molar-refractivity contribution >= 4 is 11.6 Å². The molecule has 3 heterocycles. The van der Waals surface area contributed by atoms with Gasteiger partial charge in [0.25, 0.3) is 0 Å². The van der Waals surface area contributed by atoms with Gasteiger partial charge in [0, 0.05) is 30.8 Å². The van der Waals surface area contributed by atoms with Crippen LogP contribution < -0.4 is 10.1 Å². The van der Waals surface area contributed by atoms with Gasteiger partial charge in [0.15, 0.2) is 0 Å². The Labute approximate surface area is 174 Å². The molecule has 0 amide bonds. The van der Waals surface area contributed by atoms with Crippen LogP contribution in [0.2, 0.25) is 0 Å². The van der Waals surface area contributed by atoms with Crippen LogP contribution in [0.4, 0.5) is 11.6 Å². The van der Waals surface area contributed by atoms with Crippen molar-refractivity contribution in [1.82, 2.24) is 19.7 Å². The summed E-state index contributed by atoms with van der Waals surface area (Å²) >= 11 is 0. The lowest BCUT2D eigenvalue weighted by atomic mass is 9.91. The monoisotopic (exact) mass is 395 g/mol. The zero-order valence-corrected chi connectivity index (χ0v) is 16.7. The van der Waals surface area contributed by atoms with Gasteiger partial charge in [-0.1, -0.05) is 42.5 Å². The largest absolute Gasteiger partial charge is 0.491 e. The molecule has 1 aliphatic carbocycles. The van der Waals surface area contributed by atoms with E-state index >= 15 is 0 Å². The minimum Gasteiger partial charge on any atom is -0.491 e. The second-order valence-corrected chi connectivity index (χ2v) is 7.74. The number of aryl methyl sites for hydroxylation is 3. The Hall–Kier alpha value is -3.67. The number of hydrogen-bond donors (Lipinski definition) is 1. The Morgan fingerprint density at radius 3 is 2.77 bits per heavy atom. The number of hydrogen-bond acceptors (Lipinski definition) is 5. The third-order valence-electron chi connectivity index (χ3n) is 5.86. The summed E-state index contributed by atoms with van der Waals surface area (Å²) in [6.07, 6.45) is 4.69. The van der Waals surface area contributed by atoms with Crippen LogP contribution in [0.15, 0.2) is 54.7 Å². The SMILES string of the molecule is Cn1nc2c(c1-c1ccccc1)-c1nc(Nc3cccc4c3OCC4)ncc1CC2. The fourth-order valence-electron chi connectivity index (χ4n) is 4.48. The van der Waals surface area contributed by atoms with Crippen molar-refractivity contribution in [3.63, 3.8) is 0 Å². The summed E-state index contributed by atoms with van der Waals surface area (Å²) in [4.78, 5) is 9.53. The van der Waals surface area contributed by atoms with Crippen molar-refractivity contribution in [3.05, 3.63) is 71.5 Å². The summed E-state index contributed by atoms with van der Waals surface area (Å²) in [6, 6.07) is 16.6. The third kappa shape index (κ3) is 2.68. The molecule has 4 aromatic rings. The van der Waals surface area contributed by atoms with Gasteiger partial charge in [-0.15, -0.1) is 0 Å². The molecule has 1 N–H and O–H groups in total. The fraction of sp³-hybridized carbons (Fsp3) is 0.208. The molecule has 0 bridgehead atoms. The van der Waals surface area contributed by atoms with E-state index in [1.807, 2.05) is 36.1 Å². The van der Waals surface area contributed by atoms with E-state index in [1.165, 1.54) is 5.56 Å². The number of rotatable bonds is 3. The summed E-state index contributed by atoms with van der Waals surface area (Å²) in [7, 11) is 2.01. The van der Waals surface area contributed by atoms with Crippen LogP contribution in [0.25, 0.3) is 22.5 Å². The van der Waals surface area contributed by atoms with E-state index in [1.54, 1.807) is 0 Å². The molecule has 2 aliphatic rings. The minimum atomic E-state index is 0.577. The Morgan fingerprint density at radius 1 is 0.967 bits per heavy atom. The standard InChI is InChI=1S/C24H21N5O/c1-29-22(15-6-3-2-4-7-15)20-18(28-29)11-10-17-14-25-24(27-21(17)20)26-19-9-5-8-16-12-13-30-23(16)19/h2-9,14H,10-13H2,1H3,(H,25,26,27). The van der Waals surface area contributed by atoms with E-state index in [0.29, 0.717) is 5.95 Å². The molecule has 6 heteroatoms. The van der Waals surface area contributed by atoms with Gasteiger partial charge < -0.3 is 10.1 Å². The zero-order chi connectivity index (χ0) is 20.1. The molecule has 2 aromatic heterocycles. The van der Waals surface area contributed by atoms with Gasteiger partial charge in [-0.3, -0.25) is 4.68 Å². The molecule has 0 fully saturated rings. The van der Waals surface area contributed by atoms with E-state index in [4.69, 9.17) is 14.8 Å². The molecule has 2 aromatic carbocycles. The normalized spacial score (nSPS) is 13.9. The lowest BCUT2D eigenvalue weighted by molar-refractivity contribution is 0.358. The van der Waals surface area contributed by atoms with Gasteiger partial charge in [0.1, 0.15) is 5.75 Å². The molecule has 0 unspecified atom stereocenters. The van der Waals surface area contributed by atoms with E-state index < -0.39 is 0 Å². The van der Waals surface area contributed by atoms with E-state index in [-0.39, 0.29) is 0 Å². The first kappa shape index (κ1) is 17.2. The lowest BCUT2D eigenvalue weighted by Crippen LogP contribution is -2.08. The van der Waals surface area contributed by atoms with Crippen LogP contribution in [0.3, 0.4) is 0 Å². The molecule has 0 spiro atoms. The Bertz CT molecular complexity index is 1260. The maximum Gasteiger partial charge on any atom is 0.227 e. The maximum absolute atomic E-state index is 5.82. The Morgan fingerprint density at radius 2 is 1.87 bits per heavy atom. The second-order valence-electron chi connectivity index (χ2n) is 7.74. The first-order chi connectivity index (χ1) is 14.8. The number of nitrogens with zero attached hydrogens (tertiary/aromatic N) is 4. The van der Waals surface area contributed by atoms with Crippen molar-refractivity contribution in [2.24, 2.45) is 7.05 Å². The molecule has 6 rings (SSSR count). The van der Waals surface area contributed by atoms with Crippen LogP contribution in [0.1, 0.15) is 16.8 Å². The average molecular weight is 395 g/mol. The molecule has 0 saturated carbocycles. The molecule has 1 aliphatic heterocycles. The molecule has 0 saturated heterocycles. The van der Waals surface area contributed by atoms with E-state index in [9.17, 15) is 0 Å². The number of ether oxygens (including phenoxy) is 1. The van der Waals surface area contributed by atoms with E-state index in [2.05, 4.69) is 40.6 Å². The minimum absolute atomic E-state index is 0.577. The van der Waals surface area contributed by atoms with E-state index in [0.717, 1.165) is 71.1 Å². The summed E-state index contributed by atoms with van der Waals surface area (Å²) in [5.74, 6) is 1.49. The summed E-state index contributed by atoms with van der Waals surface area (Å²) in [6.45, 7) is 0.721. The number of aromatic nitrogens is 4. The van der Waals surface area contributed by atoms with Crippen LogP contribution in [-0.4, -0.2) is 26.4 Å². The van der Waals surface area contributed by atoms with Crippen LogP contribution in [-0.2, 0) is 26.3 Å². The van der Waals surface area contributed by atoms with Gasteiger partial charge in [-0.2, -0.15) is 5.10 Å². The van der Waals surface area contributed by atoms with Gasteiger partial charge in [-0.05, 0) is 30.0 Å². The maximum atomic E-state index is 5.82. The summed E-state index contributed by atoms with van der Waals surface area (Å²) < 4.78 is 7.79. The van der Waals surface area contributed by atoms with Crippen molar-refractivity contribution < 1.29 is 4.74 Å². The van der Waals surface area contributed by atoms with Crippen molar-refractivity contribution in [2.45, 2.75) is 19.3 Å². The quantitative estimate of drug-likeness (QED) is 0.560. The van der Waals surface area contributed by atoms with Crippen LogP contribution in [0, 0.1) is 0 Å². The summed E-state index contributed by atoms with van der Waals surface area (Å²) in [5, 5.41) is 8.18. The Kier molecular flexibility index (Phi) is 3.84. The predicted octanol–water partition coefficient (Wildman–Crippen LogP) is 4.32. The van der Waals surface area contributed by atoms with Crippen LogP contribution in [0.5, 0.6) is 5.75 Å². The highest BCUT2D eigenvalue weighted by molar-refractivity contribution is 5.84. The van der Waals surface area contributed by atoms with Gasteiger partial charge in [0.2, 0.25) is 5.95 Å². The second kappa shape index (κ2) is 6.69. The molecule has 148 valence electrons. The molecular formula is C24H21N5O. The Balaban J connectivity index is 1.46. The summed E-state index contributed by atoms with van der Waals surface area (Å²) in [5.41, 5.74) is 8.71. The van der Waals surface area contributed by atoms with Gasteiger partial charge in [-0.25, -0.2) is 9.97 Å². The number of para-hydroxylation sites is 1. The molecule has 6 nitrogen and oxygen atoms in total. The highest BCUT2D eigenvalue weighted by atomic mass is 16.5. The first-order valence-corrected chi connectivity index (χ1v) is 10.3. The number of fused-ring (bicyclic) bond motifs is 4. The molecular weight excluding hydrogens is 374 g/mol. The molecule has 0 radical (unpaired) electrons. The molecule has 0 atom stereocenters. The zero-order valence-electron chi connectivity index (χ0n) is 16.7. The van der Waals surface area contributed by atoms with Crippen molar-refractivity contribution in [1.29, 1.82) is 0 Å². The van der Waals surface area contributed by atoms with Crippen molar-refractivity contribution in [3.8, 4) is 28.3 Å². The predicted molar refractivity (Wildman–Crippen MR) is 116 cm³/mol.